The summed E-state index contributed by atoms with van der Waals surface area (Å²) in [5.41, 5.74) is 1.40. The summed E-state index contributed by atoms with van der Waals surface area (Å²) in [6.45, 7) is 2.34. The first-order valence-electron chi connectivity index (χ1n) is 9.10. The summed E-state index contributed by atoms with van der Waals surface area (Å²) in [6.07, 6.45) is 4.92. The van der Waals surface area contributed by atoms with E-state index in [0.29, 0.717) is 11.8 Å². The second-order valence-electron chi connectivity index (χ2n) is 7.26. The Morgan fingerprint density at radius 2 is 1.50 bits per heavy atom. The van der Waals surface area contributed by atoms with Crippen molar-refractivity contribution in [3.8, 4) is 0 Å². The van der Waals surface area contributed by atoms with Crippen molar-refractivity contribution in [1.29, 1.82) is 0 Å². The van der Waals surface area contributed by atoms with Crippen LogP contribution in [0, 0.1) is 9.49 Å². The molecule has 0 nitrogen and oxygen atoms in total. The third-order valence-electron chi connectivity index (χ3n) is 5.57. The Morgan fingerprint density at radius 1 is 0.731 bits per heavy atom. The van der Waals surface area contributed by atoms with Crippen molar-refractivity contribution in [1.82, 2.24) is 0 Å². The second-order valence-corrected chi connectivity index (χ2v) is 8.50. The van der Waals surface area contributed by atoms with E-state index in [9.17, 15) is 0 Å². The summed E-state index contributed by atoms with van der Waals surface area (Å²) < 4.78 is 1.29. The lowest BCUT2D eigenvalue weighted by atomic mass is 9.81. The molecule has 126 valence electrons. The number of hydrogen-bond acceptors (Lipinski definition) is 0. The normalized spacial score (nSPS) is 19.0. The van der Waals surface area contributed by atoms with Crippen LogP contribution in [0.5, 0.6) is 0 Å². The molecule has 5 rings (SSSR count). The maximum Gasteiger partial charge on any atom is 0.0136 e. The van der Waals surface area contributed by atoms with E-state index in [-0.39, 0.29) is 0 Å². The number of rotatable bonds is 1. The van der Waals surface area contributed by atoms with Gasteiger partial charge in [-0.25, -0.2) is 0 Å². The van der Waals surface area contributed by atoms with Gasteiger partial charge in [0.05, 0.1) is 0 Å². The zero-order chi connectivity index (χ0) is 17.7. The van der Waals surface area contributed by atoms with E-state index in [1.54, 1.807) is 0 Å². The van der Waals surface area contributed by atoms with Gasteiger partial charge in [0.1, 0.15) is 0 Å². The fourth-order valence-electron chi connectivity index (χ4n) is 4.20. The SMILES string of the molecule is CC1C=c2c(ccc3ccccc23)=CC1c1ccc2cc(I)ccc2c1. The molecular weight excluding hydrogens is 427 g/mol. The quantitative estimate of drug-likeness (QED) is 0.335. The minimum absolute atomic E-state index is 0.423. The first-order chi connectivity index (χ1) is 12.7. The number of fused-ring (bicyclic) bond motifs is 4. The average Bonchev–Trinajstić information content (AvgIpc) is 2.67. The third-order valence-corrected chi connectivity index (χ3v) is 6.24. The molecule has 0 radical (unpaired) electrons. The van der Waals surface area contributed by atoms with Crippen LogP contribution in [0.2, 0.25) is 0 Å². The van der Waals surface area contributed by atoms with Gasteiger partial charge in [-0.05, 0) is 78.2 Å². The van der Waals surface area contributed by atoms with E-state index in [1.165, 1.54) is 41.1 Å². The van der Waals surface area contributed by atoms with Gasteiger partial charge in [0.15, 0.2) is 0 Å². The summed E-state index contributed by atoms with van der Waals surface area (Å²) >= 11 is 2.38. The van der Waals surface area contributed by atoms with Gasteiger partial charge >= 0.3 is 0 Å². The molecule has 1 aliphatic carbocycles. The highest BCUT2D eigenvalue weighted by molar-refractivity contribution is 14.1. The Hall–Kier alpha value is -2.13. The lowest BCUT2D eigenvalue weighted by molar-refractivity contribution is 0.695. The second kappa shape index (κ2) is 6.24. The molecule has 0 aliphatic heterocycles. The zero-order valence-corrected chi connectivity index (χ0v) is 16.8. The minimum atomic E-state index is 0.423. The Bertz CT molecular complexity index is 1270. The van der Waals surface area contributed by atoms with E-state index in [4.69, 9.17) is 0 Å². The molecule has 0 spiro atoms. The van der Waals surface area contributed by atoms with Crippen molar-refractivity contribution in [2.45, 2.75) is 12.8 Å². The lowest BCUT2D eigenvalue weighted by Gasteiger charge is -2.23. The predicted octanol–water partition coefficient (Wildman–Crippen LogP) is 5.59. The van der Waals surface area contributed by atoms with Crippen molar-refractivity contribution in [3.05, 3.63) is 92.4 Å². The molecule has 0 heterocycles. The van der Waals surface area contributed by atoms with Crippen molar-refractivity contribution in [2.24, 2.45) is 5.92 Å². The molecule has 0 amide bonds. The van der Waals surface area contributed by atoms with E-state index in [2.05, 4.69) is 114 Å². The first-order valence-corrected chi connectivity index (χ1v) is 10.2. The molecule has 2 unspecified atom stereocenters. The molecule has 26 heavy (non-hydrogen) atoms. The summed E-state index contributed by atoms with van der Waals surface area (Å²) in [7, 11) is 0. The fourth-order valence-corrected chi connectivity index (χ4v) is 4.71. The molecule has 0 saturated heterocycles. The van der Waals surface area contributed by atoms with Crippen LogP contribution in [0.3, 0.4) is 0 Å². The predicted molar refractivity (Wildman–Crippen MR) is 121 cm³/mol. The van der Waals surface area contributed by atoms with Crippen LogP contribution in [0.25, 0.3) is 33.7 Å². The Kier molecular flexibility index (Phi) is 3.86. The maximum atomic E-state index is 2.46. The van der Waals surface area contributed by atoms with Crippen LogP contribution in [0.15, 0.2) is 72.8 Å². The fraction of sp³-hybridized carbons (Fsp3) is 0.120. The standard InChI is InChI=1S/C25H19I/c1-16-12-25-21(8-6-17-4-2-3-5-23(17)25)15-24(16)20-9-7-19-14-22(26)11-10-18(19)13-20/h2-16,24H,1H3. The highest BCUT2D eigenvalue weighted by Crippen LogP contribution is 2.31. The Balaban J connectivity index is 1.68. The highest BCUT2D eigenvalue weighted by atomic mass is 127. The molecule has 0 fully saturated rings. The molecule has 0 N–H and O–H groups in total. The first kappa shape index (κ1) is 16.1. The van der Waals surface area contributed by atoms with Crippen molar-refractivity contribution in [3.63, 3.8) is 0 Å². The van der Waals surface area contributed by atoms with Crippen LogP contribution in [-0.4, -0.2) is 0 Å². The summed E-state index contributed by atoms with van der Waals surface area (Å²) in [6, 6.07) is 26.8. The topological polar surface area (TPSA) is 0 Å². The Labute approximate surface area is 167 Å². The third kappa shape index (κ3) is 2.66. The lowest BCUT2D eigenvalue weighted by Crippen LogP contribution is -2.32. The van der Waals surface area contributed by atoms with E-state index in [0.717, 1.165) is 0 Å². The van der Waals surface area contributed by atoms with Crippen LogP contribution >= 0.6 is 22.6 Å². The Morgan fingerprint density at radius 3 is 2.42 bits per heavy atom. The number of hydrogen-bond donors (Lipinski definition) is 0. The summed E-state index contributed by atoms with van der Waals surface area (Å²) in [5, 5.41) is 8.07. The largest absolute Gasteiger partial charge is 0.0723 e. The van der Waals surface area contributed by atoms with E-state index < -0.39 is 0 Å². The van der Waals surface area contributed by atoms with Crippen LogP contribution in [0.4, 0.5) is 0 Å². The zero-order valence-electron chi connectivity index (χ0n) is 14.6. The average molecular weight is 446 g/mol. The van der Waals surface area contributed by atoms with Crippen LogP contribution < -0.4 is 10.4 Å². The molecule has 1 heteroatoms. The van der Waals surface area contributed by atoms with Gasteiger partial charge in [-0.3, -0.25) is 0 Å². The van der Waals surface area contributed by atoms with Gasteiger partial charge in [-0.2, -0.15) is 0 Å². The van der Waals surface area contributed by atoms with Gasteiger partial charge in [0.25, 0.3) is 0 Å². The minimum Gasteiger partial charge on any atom is -0.0723 e. The monoisotopic (exact) mass is 446 g/mol. The maximum absolute atomic E-state index is 2.46. The molecule has 4 aromatic rings. The van der Waals surface area contributed by atoms with Crippen molar-refractivity contribution in [2.75, 3.05) is 0 Å². The molecule has 0 bridgehead atoms. The van der Waals surface area contributed by atoms with Crippen molar-refractivity contribution < 1.29 is 0 Å². The summed E-state index contributed by atoms with van der Waals surface area (Å²) in [4.78, 5) is 0. The van der Waals surface area contributed by atoms with Crippen LogP contribution in [-0.2, 0) is 0 Å². The van der Waals surface area contributed by atoms with Gasteiger partial charge in [-0.15, -0.1) is 0 Å². The van der Waals surface area contributed by atoms with E-state index >= 15 is 0 Å². The van der Waals surface area contributed by atoms with Gasteiger partial charge in [0.2, 0.25) is 0 Å². The number of benzene rings is 4. The molecule has 0 saturated carbocycles. The molecule has 2 atom stereocenters. The van der Waals surface area contributed by atoms with Gasteiger partial charge in [-0.1, -0.05) is 79.7 Å². The van der Waals surface area contributed by atoms with E-state index in [1.807, 2.05) is 0 Å². The number of halogens is 1. The molecule has 1 aliphatic rings. The van der Waals surface area contributed by atoms with Gasteiger partial charge in [0, 0.05) is 9.49 Å². The van der Waals surface area contributed by atoms with Gasteiger partial charge < -0.3 is 0 Å². The smallest absolute Gasteiger partial charge is 0.0136 e. The molecule has 0 aromatic heterocycles. The van der Waals surface area contributed by atoms with Crippen LogP contribution in [0.1, 0.15) is 18.4 Å². The summed E-state index contributed by atoms with van der Waals surface area (Å²) in [5.74, 6) is 0.905. The molecular formula is C25H19I. The highest BCUT2D eigenvalue weighted by Gasteiger charge is 2.19. The molecule has 4 aromatic carbocycles. The van der Waals surface area contributed by atoms with Crippen molar-refractivity contribution >= 4 is 56.3 Å².